The van der Waals surface area contributed by atoms with Crippen molar-refractivity contribution in [1.82, 2.24) is 9.80 Å². The number of carbonyl (C=O) groups is 1. The van der Waals surface area contributed by atoms with Crippen LogP contribution < -0.4 is 0 Å². The van der Waals surface area contributed by atoms with Gasteiger partial charge in [-0.1, -0.05) is 266 Å². The van der Waals surface area contributed by atoms with Gasteiger partial charge in [-0.25, -0.2) is 0 Å². The Morgan fingerprint density at radius 3 is 0.709 bits per heavy atom. The van der Waals surface area contributed by atoms with Crippen molar-refractivity contribution in [2.45, 2.75) is 304 Å². The molecule has 0 aliphatic carbocycles. The zero-order valence-corrected chi connectivity index (χ0v) is 39.2. The lowest BCUT2D eigenvalue weighted by atomic mass is 10.0. The van der Waals surface area contributed by atoms with E-state index in [9.17, 15) is 4.79 Å². The van der Waals surface area contributed by atoms with E-state index >= 15 is 0 Å². The SMILES string of the molecule is CCCCCCCCCCCCN(CCCCCCCCCCCC)C(=O)C(CC)N(CCCCCCCCCCCC)CCCCCCCCCCCC. The minimum absolute atomic E-state index is 0.0726. The van der Waals surface area contributed by atoms with Crippen molar-refractivity contribution in [2.24, 2.45) is 0 Å². The third-order valence-corrected chi connectivity index (χ3v) is 12.6. The number of hydrogen-bond donors (Lipinski definition) is 0. The third kappa shape index (κ3) is 37.5. The van der Waals surface area contributed by atoms with E-state index in [0.29, 0.717) is 5.91 Å². The lowest BCUT2D eigenvalue weighted by Gasteiger charge is -2.35. The molecule has 55 heavy (non-hydrogen) atoms. The average molecular weight is 775 g/mol. The Morgan fingerprint density at radius 2 is 0.491 bits per heavy atom. The van der Waals surface area contributed by atoms with Gasteiger partial charge in [0.05, 0.1) is 6.04 Å². The normalized spacial score (nSPS) is 12.3. The van der Waals surface area contributed by atoms with Gasteiger partial charge in [-0.15, -0.1) is 0 Å². The van der Waals surface area contributed by atoms with Crippen molar-refractivity contribution >= 4 is 5.91 Å². The molecule has 1 amide bonds. The Balaban J connectivity index is 5.17. The predicted molar refractivity (Wildman–Crippen MR) is 250 cm³/mol. The Bertz CT molecular complexity index is 676. The first-order chi connectivity index (χ1) is 27.2. The molecule has 1 unspecified atom stereocenters. The lowest BCUT2D eigenvalue weighted by Crippen LogP contribution is -2.49. The lowest BCUT2D eigenvalue weighted by molar-refractivity contribution is -0.137. The quantitative estimate of drug-likeness (QED) is 0.0575. The number of rotatable bonds is 47. The molecule has 0 bridgehead atoms. The van der Waals surface area contributed by atoms with Gasteiger partial charge in [0, 0.05) is 13.1 Å². The van der Waals surface area contributed by atoms with Crippen molar-refractivity contribution < 1.29 is 4.79 Å². The van der Waals surface area contributed by atoms with Gasteiger partial charge in [-0.2, -0.15) is 0 Å². The van der Waals surface area contributed by atoms with Crippen LogP contribution in [0.3, 0.4) is 0 Å². The minimum atomic E-state index is 0.0726. The summed E-state index contributed by atoms with van der Waals surface area (Å²) in [5.74, 6) is 0.466. The van der Waals surface area contributed by atoms with Crippen LogP contribution in [0.5, 0.6) is 0 Å². The van der Waals surface area contributed by atoms with Gasteiger partial charge in [0.15, 0.2) is 0 Å². The topological polar surface area (TPSA) is 23.6 Å². The highest BCUT2D eigenvalue weighted by atomic mass is 16.2. The molecule has 0 heterocycles. The first-order valence-corrected chi connectivity index (χ1v) is 26.2. The number of unbranched alkanes of at least 4 members (excludes halogenated alkanes) is 36. The van der Waals surface area contributed by atoms with Crippen molar-refractivity contribution in [3.8, 4) is 0 Å². The van der Waals surface area contributed by atoms with E-state index in [0.717, 1.165) is 32.6 Å². The highest BCUT2D eigenvalue weighted by Gasteiger charge is 2.28. The molecule has 0 aromatic carbocycles. The van der Waals surface area contributed by atoms with Crippen LogP contribution in [-0.4, -0.2) is 47.9 Å². The first-order valence-electron chi connectivity index (χ1n) is 26.2. The van der Waals surface area contributed by atoms with Gasteiger partial charge < -0.3 is 4.90 Å². The Morgan fingerprint density at radius 1 is 0.291 bits per heavy atom. The molecule has 330 valence electrons. The largest absolute Gasteiger partial charge is 0.341 e. The van der Waals surface area contributed by atoms with Crippen molar-refractivity contribution in [3.05, 3.63) is 0 Å². The van der Waals surface area contributed by atoms with E-state index in [1.165, 1.54) is 257 Å². The second-order valence-corrected chi connectivity index (χ2v) is 18.0. The molecule has 3 heteroatoms. The van der Waals surface area contributed by atoms with Crippen LogP contribution in [0.2, 0.25) is 0 Å². The summed E-state index contributed by atoms with van der Waals surface area (Å²) in [7, 11) is 0. The van der Waals surface area contributed by atoms with Crippen LogP contribution in [0.15, 0.2) is 0 Å². The van der Waals surface area contributed by atoms with E-state index in [1.807, 2.05) is 0 Å². The fourth-order valence-corrected chi connectivity index (χ4v) is 8.74. The maximum atomic E-state index is 14.5. The number of nitrogens with zero attached hydrogens (tertiary/aromatic N) is 2. The summed E-state index contributed by atoms with van der Waals surface area (Å²) < 4.78 is 0. The maximum Gasteiger partial charge on any atom is 0.239 e. The standard InChI is InChI=1S/C52H106N2O/c1-6-11-15-19-23-27-31-35-39-43-47-53(48-44-40-36-32-28-24-20-16-12-7-2)51(10-5)52(55)54(49-45-41-37-33-29-25-21-17-13-8-3)50-46-42-38-34-30-26-22-18-14-9-4/h51H,6-50H2,1-5H3. The van der Waals surface area contributed by atoms with Gasteiger partial charge in [0.2, 0.25) is 5.91 Å². The second kappa shape index (κ2) is 46.1. The molecule has 1 atom stereocenters. The highest BCUT2D eigenvalue weighted by molar-refractivity contribution is 5.81. The van der Waals surface area contributed by atoms with E-state index in [2.05, 4.69) is 44.4 Å². The molecular formula is C52H106N2O. The molecule has 0 N–H and O–H groups in total. The summed E-state index contributed by atoms with van der Waals surface area (Å²) in [5.41, 5.74) is 0. The summed E-state index contributed by atoms with van der Waals surface area (Å²) in [6.07, 6.45) is 55.7. The number of carbonyl (C=O) groups excluding carboxylic acids is 1. The van der Waals surface area contributed by atoms with Gasteiger partial charge >= 0.3 is 0 Å². The summed E-state index contributed by atoms with van der Waals surface area (Å²) >= 11 is 0. The fourth-order valence-electron chi connectivity index (χ4n) is 8.74. The fraction of sp³-hybridized carbons (Fsp3) is 0.981. The molecule has 0 saturated carbocycles. The minimum Gasteiger partial charge on any atom is -0.341 e. The Labute approximate surface area is 349 Å². The molecule has 0 spiro atoms. The second-order valence-electron chi connectivity index (χ2n) is 18.0. The highest BCUT2D eigenvalue weighted by Crippen LogP contribution is 2.19. The Kier molecular flexibility index (Phi) is 45.6. The molecule has 0 saturated heterocycles. The summed E-state index contributed by atoms with van der Waals surface area (Å²) in [6.45, 7) is 15.7. The molecule has 0 radical (unpaired) electrons. The van der Waals surface area contributed by atoms with Gasteiger partial charge in [-0.3, -0.25) is 9.69 Å². The molecule has 3 nitrogen and oxygen atoms in total. The van der Waals surface area contributed by atoms with Crippen LogP contribution in [0, 0.1) is 0 Å². The summed E-state index contributed by atoms with van der Waals surface area (Å²) in [6, 6.07) is 0.0726. The van der Waals surface area contributed by atoms with Crippen LogP contribution in [-0.2, 0) is 4.79 Å². The zero-order chi connectivity index (χ0) is 40.1. The van der Waals surface area contributed by atoms with Crippen LogP contribution >= 0.6 is 0 Å². The predicted octanol–water partition coefficient (Wildman–Crippen LogP) is 17.6. The Hall–Kier alpha value is -0.570. The third-order valence-electron chi connectivity index (χ3n) is 12.6. The van der Waals surface area contributed by atoms with Gasteiger partial charge in [-0.05, 0) is 45.2 Å². The van der Waals surface area contributed by atoms with Crippen LogP contribution in [0.1, 0.15) is 298 Å². The van der Waals surface area contributed by atoms with Crippen molar-refractivity contribution in [1.29, 1.82) is 0 Å². The van der Waals surface area contributed by atoms with E-state index in [4.69, 9.17) is 0 Å². The van der Waals surface area contributed by atoms with Gasteiger partial charge in [0.1, 0.15) is 0 Å². The summed E-state index contributed by atoms with van der Waals surface area (Å²) in [5, 5.41) is 0. The zero-order valence-electron chi connectivity index (χ0n) is 39.2. The monoisotopic (exact) mass is 775 g/mol. The average Bonchev–Trinajstić information content (AvgIpc) is 3.19. The molecule has 0 aromatic heterocycles. The molecule has 0 rings (SSSR count). The van der Waals surface area contributed by atoms with E-state index in [-0.39, 0.29) is 6.04 Å². The van der Waals surface area contributed by atoms with E-state index in [1.54, 1.807) is 0 Å². The van der Waals surface area contributed by atoms with Gasteiger partial charge in [0.25, 0.3) is 0 Å². The molecule has 0 aromatic rings. The molecule has 0 fully saturated rings. The van der Waals surface area contributed by atoms with Crippen LogP contribution in [0.25, 0.3) is 0 Å². The van der Waals surface area contributed by atoms with Crippen molar-refractivity contribution in [3.63, 3.8) is 0 Å². The smallest absolute Gasteiger partial charge is 0.239 e. The molecule has 0 aliphatic heterocycles. The number of amides is 1. The molecular weight excluding hydrogens is 669 g/mol. The molecule has 0 aliphatic rings. The first kappa shape index (κ1) is 54.4. The van der Waals surface area contributed by atoms with E-state index < -0.39 is 0 Å². The van der Waals surface area contributed by atoms with Crippen molar-refractivity contribution in [2.75, 3.05) is 26.2 Å². The maximum absolute atomic E-state index is 14.5. The van der Waals surface area contributed by atoms with Crippen LogP contribution in [0.4, 0.5) is 0 Å². The number of hydrogen-bond acceptors (Lipinski definition) is 2. The summed E-state index contributed by atoms with van der Waals surface area (Å²) in [4.78, 5) is 19.6.